The molecule has 0 aliphatic carbocycles. The van der Waals surface area contributed by atoms with Crippen molar-refractivity contribution >= 4 is 35.9 Å². The van der Waals surface area contributed by atoms with Crippen LogP contribution in [0.25, 0.3) is 0 Å². The number of hydrogen-bond donors (Lipinski definition) is 3. The summed E-state index contributed by atoms with van der Waals surface area (Å²) in [5.41, 5.74) is 7.34. The molecular weight excluding hydrogens is 398 g/mol. The average molecular weight is 417 g/mol. The zero-order valence-corrected chi connectivity index (χ0v) is 17.0. The Morgan fingerprint density at radius 3 is 2.13 bits per heavy atom. The first-order chi connectivity index (χ1) is 14.5. The number of nitrogens with two attached hydrogens (primary N) is 1. The molecule has 1 aromatic heterocycles. The molecule has 0 spiro atoms. The molecule has 0 saturated carbocycles. The fourth-order valence-electron chi connectivity index (χ4n) is 2.39. The molecule has 7 heteroatoms. The second-order valence-corrected chi connectivity index (χ2v) is 5.77. The van der Waals surface area contributed by atoms with Gasteiger partial charge in [-0.15, -0.1) is 0 Å². The van der Waals surface area contributed by atoms with Crippen molar-refractivity contribution in [2.45, 2.75) is 0 Å². The number of carbonyl (C=O) groups is 3. The fourth-order valence-corrected chi connectivity index (χ4v) is 2.39. The van der Waals surface area contributed by atoms with E-state index in [0.717, 1.165) is 0 Å². The van der Waals surface area contributed by atoms with E-state index in [2.05, 4.69) is 34.8 Å². The van der Waals surface area contributed by atoms with E-state index in [9.17, 15) is 14.4 Å². The van der Waals surface area contributed by atoms with Gasteiger partial charge in [-0.05, 0) is 30.5 Å². The summed E-state index contributed by atoms with van der Waals surface area (Å²) in [6.07, 6.45) is 4.56. The van der Waals surface area contributed by atoms with E-state index in [4.69, 9.17) is 5.73 Å². The first kappa shape index (κ1) is 22.4. The lowest BCUT2D eigenvalue weighted by atomic mass is 10.1. The molecule has 0 radical (unpaired) electrons. The first-order valence-corrected chi connectivity index (χ1v) is 9.65. The van der Waals surface area contributed by atoms with E-state index in [0.29, 0.717) is 22.4 Å². The third-order valence-electron chi connectivity index (χ3n) is 3.76. The Labute approximate surface area is 179 Å². The number of hydrogen-bond acceptors (Lipinski definition) is 5. The Kier molecular flexibility index (Phi) is 8.36. The van der Waals surface area contributed by atoms with Crippen molar-refractivity contribution in [3.63, 3.8) is 0 Å². The zero-order valence-electron chi connectivity index (χ0n) is 16.1. The number of primary amides is 1. The number of carbonyl (C=O) groups excluding carboxylic acids is 3. The molecule has 1 aliphatic rings. The number of benzene rings is 2. The Balaban J connectivity index is 0.000000340. The summed E-state index contributed by atoms with van der Waals surface area (Å²) in [5, 5.41) is 2.47. The van der Waals surface area contributed by atoms with Gasteiger partial charge in [0.25, 0.3) is 11.7 Å². The SMILES string of the molecule is CS.NC(=O)c1cncc(C#Cc2ccc3c(c2)C(=O)C(=O)N3)c1.c1ccccc1. The second-order valence-electron chi connectivity index (χ2n) is 5.77. The van der Waals surface area contributed by atoms with Crippen molar-refractivity contribution in [2.75, 3.05) is 11.6 Å². The summed E-state index contributed by atoms with van der Waals surface area (Å²) in [6, 6.07) is 18.4. The lowest BCUT2D eigenvalue weighted by Gasteiger charge is -1.97. The van der Waals surface area contributed by atoms with E-state index < -0.39 is 17.6 Å². The Bertz CT molecular complexity index is 1090. The number of anilines is 1. The molecule has 0 fully saturated rings. The number of Topliss-reactive ketones (excluding diaryl/α,β-unsaturated/α-hetero) is 1. The molecule has 1 aliphatic heterocycles. The molecule has 3 N–H and O–H groups in total. The van der Waals surface area contributed by atoms with Crippen LogP contribution in [0.5, 0.6) is 0 Å². The van der Waals surface area contributed by atoms with Gasteiger partial charge in [-0.1, -0.05) is 48.2 Å². The van der Waals surface area contributed by atoms with Crippen molar-refractivity contribution < 1.29 is 14.4 Å². The normalized spacial score (nSPS) is 10.7. The van der Waals surface area contributed by atoms with Crippen LogP contribution >= 0.6 is 12.6 Å². The molecule has 0 saturated heterocycles. The van der Waals surface area contributed by atoms with Gasteiger partial charge in [-0.3, -0.25) is 19.4 Å². The number of thiol groups is 1. The maximum Gasteiger partial charge on any atom is 0.296 e. The standard InChI is InChI=1S/C16H9N3O3.C6H6.CH4S/c17-15(21)11-5-10(7-18-8-11)2-1-9-3-4-13-12(6-9)14(20)16(22)19-13;1-2-4-6-5-3-1;1-2/h3-8H,(H2,17,21)(H,19,20,22);1-6H;2H,1H3. The number of pyridine rings is 1. The lowest BCUT2D eigenvalue weighted by molar-refractivity contribution is -0.112. The van der Waals surface area contributed by atoms with Crippen LogP contribution in [-0.2, 0) is 4.79 Å². The zero-order chi connectivity index (χ0) is 21.9. The Morgan fingerprint density at radius 2 is 1.53 bits per heavy atom. The minimum atomic E-state index is -0.640. The van der Waals surface area contributed by atoms with Gasteiger partial charge >= 0.3 is 0 Å². The van der Waals surface area contributed by atoms with Crippen molar-refractivity contribution in [3.8, 4) is 11.8 Å². The topological polar surface area (TPSA) is 102 Å². The van der Waals surface area contributed by atoms with Crippen molar-refractivity contribution in [2.24, 2.45) is 5.73 Å². The van der Waals surface area contributed by atoms with Crippen LogP contribution in [0.15, 0.2) is 73.1 Å². The van der Waals surface area contributed by atoms with Crippen LogP contribution in [-0.4, -0.2) is 28.8 Å². The van der Waals surface area contributed by atoms with Gasteiger partial charge in [-0.25, -0.2) is 0 Å². The molecule has 150 valence electrons. The molecule has 2 heterocycles. The van der Waals surface area contributed by atoms with Gasteiger partial charge in [0.2, 0.25) is 5.91 Å². The summed E-state index contributed by atoms with van der Waals surface area (Å²) in [6.45, 7) is 0. The number of nitrogens with zero attached hydrogens (tertiary/aromatic N) is 1. The number of fused-ring (bicyclic) bond motifs is 1. The summed E-state index contributed by atoms with van der Waals surface area (Å²) < 4.78 is 0. The third kappa shape index (κ3) is 6.06. The van der Waals surface area contributed by atoms with E-state index in [-0.39, 0.29) is 5.56 Å². The predicted octanol–water partition coefficient (Wildman–Crippen LogP) is 2.95. The minimum absolute atomic E-state index is 0.269. The molecule has 30 heavy (non-hydrogen) atoms. The van der Waals surface area contributed by atoms with Gasteiger partial charge in [0.1, 0.15) is 0 Å². The van der Waals surface area contributed by atoms with Crippen molar-refractivity contribution in [1.29, 1.82) is 0 Å². The van der Waals surface area contributed by atoms with Gasteiger partial charge < -0.3 is 11.1 Å². The van der Waals surface area contributed by atoms with E-state index in [1.165, 1.54) is 18.5 Å². The highest BCUT2D eigenvalue weighted by Crippen LogP contribution is 2.23. The molecule has 2 aromatic carbocycles. The highest BCUT2D eigenvalue weighted by atomic mass is 32.1. The van der Waals surface area contributed by atoms with Crippen LogP contribution in [0.4, 0.5) is 5.69 Å². The Hall–Kier alpha value is -3.89. The first-order valence-electron chi connectivity index (χ1n) is 8.76. The van der Waals surface area contributed by atoms with Gasteiger partial charge in [-0.2, -0.15) is 12.6 Å². The molecule has 4 rings (SSSR count). The number of aromatic nitrogens is 1. The monoisotopic (exact) mass is 417 g/mol. The van der Waals surface area contributed by atoms with Crippen LogP contribution in [0.2, 0.25) is 0 Å². The molecule has 6 nitrogen and oxygen atoms in total. The molecule has 0 atom stereocenters. The predicted molar refractivity (Wildman–Crippen MR) is 119 cm³/mol. The van der Waals surface area contributed by atoms with Crippen LogP contribution in [0.3, 0.4) is 0 Å². The van der Waals surface area contributed by atoms with Crippen LogP contribution in [0.1, 0.15) is 31.8 Å². The quantitative estimate of drug-likeness (QED) is 0.322. The van der Waals surface area contributed by atoms with Crippen LogP contribution in [0, 0.1) is 11.8 Å². The summed E-state index contributed by atoms with van der Waals surface area (Å²) in [4.78, 5) is 37.9. The van der Waals surface area contributed by atoms with E-state index in [1.807, 2.05) is 36.4 Å². The molecule has 3 aromatic rings. The number of rotatable bonds is 1. The molecule has 2 amide bonds. The molecule has 0 unspecified atom stereocenters. The maximum atomic E-state index is 11.6. The number of nitrogens with one attached hydrogen (secondary N) is 1. The van der Waals surface area contributed by atoms with Crippen LogP contribution < -0.4 is 11.1 Å². The number of ketones is 1. The van der Waals surface area contributed by atoms with E-state index in [1.54, 1.807) is 24.5 Å². The van der Waals surface area contributed by atoms with Gasteiger partial charge in [0, 0.05) is 23.5 Å². The maximum absolute atomic E-state index is 11.6. The van der Waals surface area contributed by atoms with E-state index >= 15 is 0 Å². The largest absolute Gasteiger partial charge is 0.366 e. The molecule has 0 bridgehead atoms. The molecular formula is C23H19N3O3S. The highest BCUT2D eigenvalue weighted by Gasteiger charge is 2.27. The summed E-state index contributed by atoms with van der Waals surface area (Å²) in [7, 11) is 0. The third-order valence-corrected chi connectivity index (χ3v) is 3.76. The second kappa shape index (κ2) is 11.2. The van der Waals surface area contributed by atoms with Crippen molar-refractivity contribution in [3.05, 3.63) is 95.3 Å². The summed E-state index contributed by atoms with van der Waals surface area (Å²) >= 11 is 3.53. The number of amides is 2. The lowest BCUT2D eigenvalue weighted by Crippen LogP contribution is -2.12. The van der Waals surface area contributed by atoms with Crippen molar-refractivity contribution in [1.82, 2.24) is 4.98 Å². The average Bonchev–Trinajstić information content (AvgIpc) is 3.08. The van der Waals surface area contributed by atoms with Gasteiger partial charge in [0.05, 0.1) is 16.8 Å². The van der Waals surface area contributed by atoms with Gasteiger partial charge in [0.15, 0.2) is 0 Å². The minimum Gasteiger partial charge on any atom is -0.366 e. The highest BCUT2D eigenvalue weighted by molar-refractivity contribution is 7.79. The summed E-state index contributed by atoms with van der Waals surface area (Å²) in [5.74, 6) is 3.90. The smallest absolute Gasteiger partial charge is 0.296 e. The fraction of sp³-hybridized carbons (Fsp3) is 0.0435. The Morgan fingerprint density at radius 1 is 0.933 bits per heavy atom.